The molecular formula is C54H61Cl2N4NaO10. The molecule has 0 amide bonds. The van der Waals surface area contributed by atoms with Crippen molar-refractivity contribution in [3.63, 3.8) is 0 Å². The predicted molar refractivity (Wildman–Crippen MR) is 261 cm³/mol. The Bertz CT molecular complexity index is 2610. The van der Waals surface area contributed by atoms with E-state index in [9.17, 15) is 29.4 Å². The fourth-order valence-corrected chi connectivity index (χ4v) is 9.54. The monoisotopic (exact) mass is 1020 g/mol. The third-order valence-corrected chi connectivity index (χ3v) is 13.3. The van der Waals surface area contributed by atoms with Gasteiger partial charge in [0.15, 0.2) is 0 Å². The van der Waals surface area contributed by atoms with Crippen LogP contribution < -0.4 is 34.7 Å². The average molecular weight is 1020 g/mol. The summed E-state index contributed by atoms with van der Waals surface area (Å²) in [6.45, 7) is 12.3. The molecule has 0 aliphatic heterocycles. The quantitative estimate of drug-likeness (QED) is 0.0562. The van der Waals surface area contributed by atoms with Crippen LogP contribution in [-0.4, -0.2) is 49.2 Å². The number of carboxylic acids is 2. The van der Waals surface area contributed by atoms with Gasteiger partial charge in [-0.3, -0.25) is 14.4 Å². The topological polar surface area (TPSA) is 216 Å². The number of aromatic nitrogens is 4. The van der Waals surface area contributed by atoms with Crippen molar-refractivity contribution in [3.8, 4) is 23.0 Å². The maximum absolute atomic E-state index is 13.1. The first-order chi connectivity index (χ1) is 33.4. The molecule has 6 aromatic rings. The third kappa shape index (κ3) is 15.6. The number of Topliss-reactive ketones (excluding diaryl/α,β-unsaturated/α-hetero) is 2. The van der Waals surface area contributed by atoms with Gasteiger partial charge in [-0.2, -0.15) is 0 Å². The van der Waals surface area contributed by atoms with Gasteiger partial charge in [-0.25, -0.2) is 0 Å². The van der Waals surface area contributed by atoms with Crippen molar-refractivity contribution in [3.05, 3.63) is 115 Å². The van der Waals surface area contributed by atoms with E-state index in [1.807, 2.05) is 62.4 Å². The Kier molecular flexibility index (Phi) is 19.7. The number of rotatable bonds is 24. The van der Waals surface area contributed by atoms with Crippen LogP contribution in [0.3, 0.4) is 0 Å². The van der Waals surface area contributed by atoms with Crippen LogP contribution in [0.25, 0.3) is 23.0 Å². The van der Waals surface area contributed by atoms with E-state index in [-0.39, 0.29) is 104 Å². The van der Waals surface area contributed by atoms with Gasteiger partial charge in [0.05, 0.1) is 22.8 Å². The molecule has 71 heavy (non-hydrogen) atoms. The fraction of sp³-hybridized carbons (Fsp3) is 0.481. The summed E-state index contributed by atoms with van der Waals surface area (Å²) in [6.07, 6.45) is 6.48. The summed E-state index contributed by atoms with van der Waals surface area (Å²) in [6, 6.07) is 15.0. The molecule has 0 spiro atoms. The number of aryl methyl sites for hydroxylation is 2. The van der Waals surface area contributed by atoms with E-state index >= 15 is 0 Å². The van der Waals surface area contributed by atoms with Crippen LogP contribution in [0.2, 0.25) is 10.0 Å². The molecule has 372 valence electrons. The van der Waals surface area contributed by atoms with Crippen LogP contribution in [0.15, 0.2) is 66.6 Å². The van der Waals surface area contributed by atoms with E-state index in [4.69, 9.17) is 41.3 Å². The van der Waals surface area contributed by atoms with Gasteiger partial charge >= 0.3 is 35.5 Å². The number of benzene rings is 2. The van der Waals surface area contributed by atoms with Gasteiger partial charge in [0.2, 0.25) is 23.0 Å². The Labute approximate surface area is 446 Å². The number of nitrogens with zero attached hydrogens (tertiary/aromatic N) is 4. The largest absolute Gasteiger partial charge is 1.00 e. The summed E-state index contributed by atoms with van der Waals surface area (Å²) in [5.41, 5.74) is 8.38. The van der Waals surface area contributed by atoms with Crippen LogP contribution >= 0.6 is 23.2 Å². The van der Waals surface area contributed by atoms with Gasteiger partial charge in [-0.15, -0.1) is 0 Å². The molecule has 0 bridgehead atoms. The second-order valence-corrected chi connectivity index (χ2v) is 20.8. The summed E-state index contributed by atoms with van der Waals surface area (Å²) >= 11 is 12.7. The van der Waals surface area contributed by atoms with Crippen molar-refractivity contribution in [2.75, 3.05) is 0 Å². The molecule has 0 unspecified atom stereocenters. The summed E-state index contributed by atoms with van der Waals surface area (Å²) < 4.78 is 22.7. The van der Waals surface area contributed by atoms with Crippen molar-refractivity contribution in [1.29, 1.82) is 0 Å². The third-order valence-electron chi connectivity index (χ3n) is 12.6. The molecule has 2 atom stereocenters. The number of carbonyl (C=O) groups excluding carboxylic acids is 3. The Balaban J connectivity index is 0.000000229. The standard InChI is InChI=1S/2C27H31ClN2O5.Na/c2*1-15(2)10-20-14-23(34-29-20)27-25(17-6-7-17)26(30-35-27)19(8-9-24(32)33)13-21(31)12-18-5-4-16(3)11-22(18)28;/h2*4-5,11,14-15,17,19H,6-10,12-13H2,1-3H3,(H,32,33);/q;;+1/p-1/t2*19-;/m00./s1. The second-order valence-electron chi connectivity index (χ2n) is 20.0. The molecule has 4 heterocycles. The molecule has 17 heteroatoms. The first-order valence-corrected chi connectivity index (χ1v) is 25.0. The van der Waals surface area contributed by atoms with Gasteiger partial charge in [0.1, 0.15) is 11.6 Å². The van der Waals surface area contributed by atoms with Crippen molar-refractivity contribution < 1.29 is 77.0 Å². The molecular weight excluding hydrogens is 959 g/mol. The normalized spacial score (nSPS) is 14.2. The Morgan fingerprint density at radius 1 is 0.634 bits per heavy atom. The smallest absolute Gasteiger partial charge is 0.550 e. The van der Waals surface area contributed by atoms with Crippen molar-refractivity contribution in [2.24, 2.45) is 11.8 Å². The van der Waals surface area contributed by atoms with Crippen LogP contribution in [0, 0.1) is 25.7 Å². The Hall–Kier alpha value is -4.86. The van der Waals surface area contributed by atoms with E-state index < -0.39 is 17.9 Å². The molecule has 2 fully saturated rings. The van der Waals surface area contributed by atoms with Gasteiger partial charge < -0.3 is 33.1 Å². The molecule has 2 aliphatic rings. The van der Waals surface area contributed by atoms with Gasteiger partial charge in [0.25, 0.3) is 0 Å². The predicted octanol–water partition coefficient (Wildman–Crippen LogP) is 8.70. The second kappa shape index (κ2) is 25.2. The first-order valence-electron chi connectivity index (χ1n) is 24.3. The number of hydrogen-bond donors (Lipinski definition) is 1. The summed E-state index contributed by atoms with van der Waals surface area (Å²) in [5.74, 6) is 0.591. The van der Waals surface area contributed by atoms with Crippen LogP contribution in [0.4, 0.5) is 0 Å². The minimum Gasteiger partial charge on any atom is -0.550 e. The number of hydrogen-bond acceptors (Lipinski definition) is 13. The zero-order valence-electron chi connectivity index (χ0n) is 41.6. The van der Waals surface area contributed by atoms with E-state index in [1.165, 1.54) is 0 Å². The van der Waals surface area contributed by atoms with E-state index in [0.29, 0.717) is 62.7 Å². The zero-order chi connectivity index (χ0) is 50.2. The Morgan fingerprint density at radius 3 is 1.39 bits per heavy atom. The van der Waals surface area contributed by atoms with Crippen LogP contribution in [0.5, 0.6) is 0 Å². The van der Waals surface area contributed by atoms with Crippen molar-refractivity contribution >= 4 is 46.7 Å². The van der Waals surface area contributed by atoms with Crippen LogP contribution in [0.1, 0.15) is 172 Å². The zero-order valence-corrected chi connectivity index (χ0v) is 45.2. The number of halogens is 2. The number of carbonyl (C=O) groups is 4. The maximum atomic E-state index is 13.1. The molecule has 2 aromatic carbocycles. The average Bonchev–Trinajstić information content (AvgIpc) is 4.09. The molecule has 8 rings (SSSR count). The molecule has 1 N–H and O–H groups in total. The van der Waals surface area contributed by atoms with E-state index in [0.717, 1.165) is 83.3 Å². The van der Waals surface area contributed by atoms with Crippen molar-refractivity contribution in [1.82, 2.24) is 20.6 Å². The number of aliphatic carboxylic acids is 2. The Morgan fingerprint density at radius 2 is 1.04 bits per heavy atom. The number of carboxylic acid groups (broad SMARTS) is 2. The SMILES string of the molecule is Cc1ccc(CC(=O)C[C@H](CCC(=O)O)c2noc(-c3cc(CC(C)C)no3)c2C2CC2)c(Cl)c1.Cc1ccc(CC(=O)C[C@H](CCC(=O)[O-])c2noc(-c3cc(CC(C)C)no3)c2C2CC2)c(Cl)c1.[Na+]. The van der Waals surface area contributed by atoms with Gasteiger partial charge in [-0.05, 0) is 130 Å². The van der Waals surface area contributed by atoms with E-state index in [2.05, 4.69) is 48.3 Å². The molecule has 0 radical (unpaired) electrons. The van der Waals surface area contributed by atoms with Crippen LogP contribution in [-0.2, 0) is 44.9 Å². The molecule has 2 aliphatic carbocycles. The fourth-order valence-electron chi connectivity index (χ4n) is 8.93. The molecule has 2 saturated carbocycles. The maximum Gasteiger partial charge on any atom is 1.00 e. The van der Waals surface area contributed by atoms with Gasteiger partial charge in [0, 0.05) is 83.2 Å². The van der Waals surface area contributed by atoms with E-state index in [1.54, 1.807) is 0 Å². The molecule has 0 saturated heterocycles. The van der Waals surface area contributed by atoms with Crippen molar-refractivity contribution in [2.45, 2.75) is 155 Å². The number of ketones is 2. The summed E-state index contributed by atoms with van der Waals surface area (Å²) in [5, 5.41) is 38.7. The minimum absolute atomic E-state index is 0. The summed E-state index contributed by atoms with van der Waals surface area (Å²) in [4.78, 5) is 48.7. The molecule has 14 nitrogen and oxygen atoms in total. The molecule has 4 aromatic heterocycles. The minimum atomic E-state index is -1.16. The van der Waals surface area contributed by atoms with Gasteiger partial charge in [-0.1, -0.05) is 95.8 Å². The first kappa shape index (κ1) is 55.5. The summed E-state index contributed by atoms with van der Waals surface area (Å²) in [7, 11) is 0.